The zero-order valence-corrected chi connectivity index (χ0v) is 8.71. The lowest BCUT2D eigenvalue weighted by atomic mass is 10.1. The molecule has 2 aromatic heterocycles. The molecule has 0 aliphatic rings. The molecule has 0 radical (unpaired) electrons. The summed E-state index contributed by atoms with van der Waals surface area (Å²) in [5.41, 5.74) is 7.94. The van der Waals surface area contributed by atoms with Crippen LogP contribution in [0.25, 0.3) is 10.6 Å². The van der Waals surface area contributed by atoms with E-state index in [9.17, 15) is 0 Å². The van der Waals surface area contributed by atoms with Gasteiger partial charge in [-0.05, 0) is 18.1 Å². The van der Waals surface area contributed by atoms with Crippen LogP contribution in [0, 0.1) is 0 Å². The molecule has 2 rings (SSSR count). The second-order valence-electron chi connectivity index (χ2n) is 2.96. The molecule has 72 valence electrons. The molecule has 0 bridgehead atoms. The molecule has 2 N–H and O–H groups in total. The maximum absolute atomic E-state index is 5.59. The first-order valence-corrected chi connectivity index (χ1v) is 5.33. The average molecular weight is 205 g/mol. The van der Waals surface area contributed by atoms with Gasteiger partial charge in [0.15, 0.2) is 0 Å². The van der Waals surface area contributed by atoms with Crippen molar-refractivity contribution in [2.75, 3.05) is 5.73 Å². The molecule has 0 saturated carbocycles. The van der Waals surface area contributed by atoms with E-state index in [4.69, 9.17) is 5.73 Å². The number of anilines is 1. The van der Waals surface area contributed by atoms with Crippen LogP contribution in [0.15, 0.2) is 23.8 Å². The van der Waals surface area contributed by atoms with Crippen LogP contribution in [0.1, 0.15) is 12.5 Å². The molecule has 0 unspecified atom stereocenters. The number of rotatable bonds is 2. The third-order valence-corrected chi connectivity index (χ3v) is 2.93. The Morgan fingerprint density at radius 2 is 2.36 bits per heavy atom. The van der Waals surface area contributed by atoms with E-state index in [1.807, 2.05) is 17.6 Å². The van der Waals surface area contributed by atoms with Gasteiger partial charge < -0.3 is 5.73 Å². The fourth-order valence-electron chi connectivity index (χ4n) is 1.33. The summed E-state index contributed by atoms with van der Waals surface area (Å²) in [6.07, 6.45) is 4.63. The fourth-order valence-corrected chi connectivity index (χ4v) is 2.10. The van der Waals surface area contributed by atoms with Crippen molar-refractivity contribution in [2.24, 2.45) is 0 Å². The number of aromatic nitrogens is 2. The van der Waals surface area contributed by atoms with Crippen LogP contribution in [0.2, 0.25) is 0 Å². The topological polar surface area (TPSA) is 51.8 Å². The van der Waals surface area contributed by atoms with Crippen molar-refractivity contribution >= 4 is 17.2 Å². The van der Waals surface area contributed by atoms with Gasteiger partial charge in [0.2, 0.25) is 0 Å². The number of nitrogen functional groups attached to an aromatic ring is 1. The summed E-state index contributed by atoms with van der Waals surface area (Å²) in [5, 5.41) is 2.83. The summed E-state index contributed by atoms with van der Waals surface area (Å²) in [7, 11) is 0. The maximum Gasteiger partial charge on any atom is 0.135 e. The Morgan fingerprint density at radius 1 is 1.50 bits per heavy atom. The number of aryl methyl sites for hydroxylation is 1. The molecule has 0 aliphatic heterocycles. The van der Waals surface area contributed by atoms with Crippen molar-refractivity contribution < 1.29 is 0 Å². The number of hydrogen-bond acceptors (Lipinski definition) is 4. The molecular weight excluding hydrogens is 194 g/mol. The fraction of sp³-hybridized carbons (Fsp3) is 0.200. The number of nitrogens with zero attached hydrogens (tertiary/aromatic N) is 2. The van der Waals surface area contributed by atoms with Gasteiger partial charge in [0.25, 0.3) is 0 Å². The van der Waals surface area contributed by atoms with E-state index >= 15 is 0 Å². The van der Waals surface area contributed by atoms with Crippen LogP contribution in [0.4, 0.5) is 5.82 Å². The van der Waals surface area contributed by atoms with Gasteiger partial charge >= 0.3 is 0 Å². The second kappa shape index (κ2) is 3.75. The summed E-state index contributed by atoms with van der Waals surface area (Å²) in [5.74, 6) is 0.587. The van der Waals surface area contributed by atoms with E-state index < -0.39 is 0 Å². The molecule has 0 saturated heterocycles. The van der Waals surface area contributed by atoms with E-state index in [1.165, 1.54) is 5.56 Å². The van der Waals surface area contributed by atoms with Gasteiger partial charge in [0.05, 0.1) is 0 Å². The Morgan fingerprint density at radius 3 is 3.00 bits per heavy atom. The molecule has 0 aromatic carbocycles. The van der Waals surface area contributed by atoms with Crippen molar-refractivity contribution in [3.8, 4) is 10.6 Å². The third-order valence-electron chi connectivity index (χ3n) is 2.04. The molecule has 0 fully saturated rings. The van der Waals surface area contributed by atoms with Crippen LogP contribution in [0.5, 0.6) is 0 Å². The Bertz CT molecular complexity index is 436. The lowest BCUT2D eigenvalue weighted by molar-refractivity contribution is 1.10. The Kier molecular flexibility index (Phi) is 2.45. The lowest BCUT2D eigenvalue weighted by Gasteiger charge is -2.02. The van der Waals surface area contributed by atoms with Crippen LogP contribution in [0.3, 0.4) is 0 Å². The molecule has 0 amide bonds. The highest BCUT2D eigenvalue weighted by Crippen LogP contribution is 2.27. The van der Waals surface area contributed by atoms with Crippen molar-refractivity contribution in [1.29, 1.82) is 0 Å². The Balaban J connectivity index is 2.50. The number of nitrogens with two attached hydrogens (primary N) is 1. The predicted molar refractivity (Wildman–Crippen MR) is 59.1 cm³/mol. The minimum Gasteiger partial charge on any atom is -0.383 e. The van der Waals surface area contributed by atoms with Crippen LogP contribution in [-0.2, 0) is 6.42 Å². The summed E-state index contributed by atoms with van der Waals surface area (Å²) < 4.78 is 0. The Hall–Kier alpha value is -1.42. The van der Waals surface area contributed by atoms with Gasteiger partial charge in [0, 0.05) is 23.3 Å². The highest BCUT2D eigenvalue weighted by Gasteiger charge is 2.06. The van der Waals surface area contributed by atoms with E-state index in [2.05, 4.69) is 16.9 Å². The number of hydrogen-bond donors (Lipinski definition) is 1. The molecule has 4 heteroatoms. The zero-order valence-electron chi connectivity index (χ0n) is 7.90. The first-order chi connectivity index (χ1) is 6.81. The molecule has 0 aliphatic carbocycles. The summed E-state index contributed by atoms with van der Waals surface area (Å²) in [6, 6.07) is 1.98. The van der Waals surface area contributed by atoms with E-state index in [-0.39, 0.29) is 0 Å². The van der Waals surface area contributed by atoms with Crippen molar-refractivity contribution in [3.63, 3.8) is 0 Å². The van der Waals surface area contributed by atoms with E-state index in [0.29, 0.717) is 5.82 Å². The van der Waals surface area contributed by atoms with Gasteiger partial charge in [-0.15, -0.1) is 11.3 Å². The van der Waals surface area contributed by atoms with Crippen LogP contribution >= 0.6 is 11.3 Å². The van der Waals surface area contributed by atoms with E-state index in [1.54, 1.807) is 17.5 Å². The third kappa shape index (κ3) is 1.61. The lowest BCUT2D eigenvalue weighted by Crippen LogP contribution is -1.89. The van der Waals surface area contributed by atoms with Gasteiger partial charge in [-0.3, -0.25) is 4.98 Å². The summed E-state index contributed by atoms with van der Waals surface area (Å²) in [6.45, 7) is 2.11. The molecule has 2 aromatic rings. The summed E-state index contributed by atoms with van der Waals surface area (Å²) in [4.78, 5) is 8.35. The SMILES string of the molecule is CCc1cnccc1-c1nc(N)cs1. The zero-order chi connectivity index (χ0) is 9.97. The quantitative estimate of drug-likeness (QED) is 0.818. The largest absolute Gasteiger partial charge is 0.383 e. The minimum atomic E-state index is 0.587. The minimum absolute atomic E-state index is 0.587. The highest BCUT2D eigenvalue weighted by molar-refractivity contribution is 7.13. The van der Waals surface area contributed by atoms with Gasteiger partial charge in [-0.2, -0.15) is 0 Å². The maximum atomic E-state index is 5.59. The van der Waals surface area contributed by atoms with Crippen LogP contribution < -0.4 is 5.73 Å². The average Bonchev–Trinajstić information content (AvgIpc) is 2.65. The smallest absolute Gasteiger partial charge is 0.135 e. The molecule has 0 spiro atoms. The highest BCUT2D eigenvalue weighted by atomic mass is 32.1. The monoisotopic (exact) mass is 205 g/mol. The molecule has 14 heavy (non-hydrogen) atoms. The molecule has 3 nitrogen and oxygen atoms in total. The van der Waals surface area contributed by atoms with Crippen LogP contribution in [-0.4, -0.2) is 9.97 Å². The first kappa shape index (κ1) is 9.15. The van der Waals surface area contributed by atoms with Crippen molar-refractivity contribution in [1.82, 2.24) is 9.97 Å². The van der Waals surface area contributed by atoms with Gasteiger partial charge in [-0.25, -0.2) is 4.98 Å². The predicted octanol–water partition coefficient (Wildman–Crippen LogP) is 2.35. The standard InChI is InChI=1S/C10H11N3S/c1-2-7-5-12-4-3-8(7)10-13-9(11)6-14-10/h3-6H,2,11H2,1H3. The number of thiazole rings is 1. The summed E-state index contributed by atoms with van der Waals surface area (Å²) >= 11 is 1.57. The Labute approximate surface area is 86.6 Å². The van der Waals surface area contributed by atoms with Crippen molar-refractivity contribution in [2.45, 2.75) is 13.3 Å². The molecular formula is C10H11N3S. The molecule has 2 heterocycles. The van der Waals surface area contributed by atoms with Crippen molar-refractivity contribution in [3.05, 3.63) is 29.4 Å². The van der Waals surface area contributed by atoms with Gasteiger partial charge in [-0.1, -0.05) is 6.92 Å². The number of pyridine rings is 1. The second-order valence-corrected chi connectivity index (χ2v) is 3.82. The van der Waals surface area contributed by atoms with E-state index in [0.717, 1.165) is 17.0 Å². The molecule has 0 atom stereocenters. The normalized spacial score (nSPS) is 10.4. The van der Waals surface area contributed by atoms with Gasteiger partial charge in [0.1, 0.15) is 10.8 Å². The first-order valence-electron chi connectivity index (χ1n) is 4.45.